The number of benzene rings is 2. The number of hydrogen-bond acceptors (Lipinski definition) is 4. The average molecular weight is 396 g/mol. The average Bonchev–Trinajstić information content (AvgIpc) is 3.31. The van der Waals surface area contributed by atoms with E-state index < -0.39 is 6.04 Å². The zero-order valence-electron chi connectivity index (χ0n) is 15.3. The number of fused-ring (bicyclic) bond motifs is 1. The van der Waals surface area contributed by atoms with Crippen LogP contribution in [-0.2, 0) is 7.05 Å². The minimum atomic E-state index is -0.513. The van der Waals surface area contributed by atoms with Crippen molar-refractivity contribution in [1.29, 1.82) is 0 Å². The van der Waals surface area contributed by atoms with Crippen LogP contribution in [0.4, 0.5) is 0 Å². The third-order valence-corrected chi connectivity index (χ3v) is 4.78. The van der Waals surface area contributed by atoms with Gasteiger partial charge in [-0.15, -0.1) is 0 Å². The smallest absolute Gasteiger partial charge is 0.287 e. The van der Waals surface area contributed by atoms with Crippen LogP contribution in [0.25, 0.3) is 11.0 Å². The number of nitrogens with one attached hydrogen (secondary N) is 1. The summed E-state index contributed by atoms with van der Waals surface area (Å²) < 4.78 is 13.0. The number of carbonyl (C=O) groups is 1. The van der Waals surface area contributed by atoms with E-state index in [0.29, 0.717) is 22.2 Å². The second-order valence-corrected chi connectivity index (χ2v) is 6.77. The highest BCUT2D eigenvalue weighted by atomic mass is 35.5. The van der Waals surface area contributed by atoms with Crippen molar-refractivity contribution in [2.75, 3.05) is 7.11 Å². The highest BCUT2D eigenvalue weighted by Crippen LogP contribution is 2.30. The Balaban J connectivity index is 1.72. The molecule has 28 heavy (non-hydrogen) atoms. The Labute approximate surface area is 166 Å². The van der Waals surface area contributed by atoms with Gasteiger partial charge >= 0.3 is 0 Å². The second kappa shape index (κ2) is 7.40. The number of carbonyl (C=O) groups excluding carboxylic acids is 1. The molecule has 0 unspecified atom stereocenters. The molecular formula is C21H18ClN3O3. The maximum Gasteiger partial charge on any atom is 0.287 e. The summed E-state index contributed by atoms with van der Waals surface area (Å²) in [4.78, 5) is 17.4. The van der Waals surface area contributed by atoms with Crippen LogP contribution in [0, 0.1) is 0 Å². The largest absolute Gasteiger partial charge is 0.496 e. The van der Waals surface area contributed by atoms with Crippen molar-refractivity contribution in [3.63, 3.8) is 0 Å². The molecule has 0 aliphatic heterocycles. The second-order valence-electron chi connectivity index (χ2n) is 6.34. The molecule has 4 rings (SSSR count). The van der Waals surface area contributed by atoms with E-state index in [1.807, 2.05) is 42.1 Å². The summed E-state index contributed by atoms with van der Waals surface area (Å²) in [5.74, 6) is 1.18. The SMILES string of the molecule is COc1ccccc1[C@H](NC(=O)c1cc2cc(Cl)ccc2o1)c1nccn1C. The number of para-hydroxylation sites is 1. The number of hydrogen-bond donors (Lipinski definition) is 1. The van der Waals surface area contributed by atoms with Gasteiger partial charge in [-0.2, -0.15) is 0 Å². The topological polar surface area (TPSA) is 69.3 Å². The molecule has 0 saturated heterocycles. The molecule has 0 saturated carbocycles. The first-order valence-electron chi connectivity index (χ1n) is 8.67. The molecule has 6 nitrogen and oxygen atoms in total. The number of nitrogens with zero attached hydrogens (tertiary/aromatic N) is 2. The number of halogens is 1. The van der Waals surface area contributed by atoms with Crippen molar-refractivity contribution < 1.29 is 13.9 Å². The number of amides is 1. The Morgan fingerprint density at radius 3 is 2.82 bits per heavy atom. The van der Waals surface area contributed by atoms with Gasteiger partial charge in [-0.05, 0) is 30.3 Å². The van der Waals surface area contributed by atoms with Crippen molar-refractivity contribution in [3.8, 4) is 5.75 Å². The van der Waals surface area contributed by atoms with Crippen molar-refractivity contribution >= 4 is 28.5 Å². The molecule has 2 aromatic carbocycles. The molecule has 0 bridgehead atoms. The highest BCUT2D eigenvalue weighted by Gasteiger charge is 2.25. The number of aromatic nitrogens is 2. The number of ether oxygens (including phenoxy) is 1. The predicted octanol–water partition coefficient (Wildman–Crippen LogP) is 4.35. The first kappa shape index (κ1) is 18.1. The fraction of sp³-hybridized carbons (Fsp3) is 0.143. The van der Waals surface area contributed by atoms with E-state index in [4.69, 9.17) is 20.8 Å². The van der Waals surface area contributed by atoms with E-state index in [9.17, 15) is 4.79 Å². The maximum absolute atomic E-state index is 13.0. The summed E-state index contributed by atoms with van der Waals surface area (Å²) in [6, 6.07) is 13.9. The quantitative estimate of drug-likeness (QED) is 0.545. The van der Waals surface area contributed by atoms with Crippen molar-refractivity contribution in [2.45, 2.75) is 6.04 Å². The van der Waals surface area contributed by atoms with E-state index in [0.717, 1.165) is 10.9 Å². The van der Waals surface area contributed by atoms with Crippen molar-refractivity contribution in [1.82, 2.24) is 14.9 Å². The fourth-order valence-corrected chi connectivity index (χ4v) is 3.35. The molecule has 0 fully saturated rings. The molecule has 142 valence electrons. The Morgan fingerprint density at radius 1 is 1.25 bits per heavy atom. The van der Waals surface area contributed by atoms with Crippen LogP contribution < -0.4 is 10.1 Å². The van der Waals surface area contributed by atoms with Gasteiger partial charge in [-0.1, -0.05) is 29.8 Å². The molecule has 7 heteroatoms. The van der Waals surface area contributed by atoms with Gasteiger partial charge in [0.05, 0.1) is 7.11 Å². The molecule has 4 aromatic rings. The summed E-state index contributed by atoms with van der Waals surface area (Å²) in [5.41, 5.74) is 1.40. The van der Waals surface area contributed by atoms with Crippen LogP contribution in [0.2, 0.25) is 5.02 Å². The van der Waals surface area contributed by atoms with Crippen molar-refractivity contribution in [3.05, 3.63) is 83.1 Å². The highest BCUT2D eigenvalue weighted by molar-refractivity contribution is 6.31. The third-order valence-electron chi connectivity index (χ3n) is 4.54. The lowest BCUT2D eigenvalue weighted by Crippen LogP contribution is -2.31. The third kappa shape index (κ3) is 3.34. The van der Waals surface area contributed by atoms with Gasteiger partial charge < -0.3 is 19.0 Å². The van der Waals surface area contributed by atoms with E-state index in [-0.39, 0.29) is 11.7 Å². The van der Waals surface area contributed by atoms with Crippen LogP contribution in [-0.4, -0.2) is 22.6 Å². The number of imidazole rings is 1. The van der Waals surface area contributed by atoms with Gasteiger partial charge in [0.1, 0.15) is 23.2 Å². The Morgan fingerprint density at radius 2 is 2.07 bits per heavy atom. The summed E-state index contributed by atoms with van der Waals surface area (Å²) in [5, 5.41) is 4.36. The van der Waals surface area contributed by atoms with Crippen LogP contribution in [0.15, 0.2) is 65.3 Å². The molecule has 2 heterocycles. The summed E-state index contributed by atoms with van der Waals surface area (Å²) in [6.07, 6.45) is 3.51. The molecule has 2 aromatic heterocycles. The standard InChI is InChI=1S/C21H18ClN3O3/c1-25-10-9-23-20(25)19(15-5-3-4-6-17(15)27-2)24-21(26)18-12-13-11-14(22)7-8-16(13)28-18/h3-12,19H,1-2H3,(H,24,26)/t19-/m0/s1. The van der Waals surface area contributed by atoms with Gasteiger partial charge in [0, 0.05) is 35.4 Å². The molecule has 1 atom stereocenters. The first-order chi connectivity index (χ1) is 13.6. The van der Waals surface area contributed by atoms with E-state index in [1.54, 1.807) is 37.6 Å². The minimum absolute atomic E-state index is 0.200. The lowest BCUT2D eigenvalue weighted by molar-refractivity contribution is 0.0915. The Bertz CT molecular complexity index is 1150. The number of aryl methyl sites for hydroxylation is 1. The van der Waals surface area contributed by atoms with Crippen molar-refractivity contribution in [2.24, 2.45) is 7.05 Å². The Kier molecular flexibility index (Phi) is 4.79. The van der Waals surface area contributed by atoms with Crippen LogP contribution in [0.5, 0.6) is 5.75 Å². The lowest BCUT2D eigenvalue weighted by atomic mass is 10.0. The molecular weight excluding hydrogens is 378 g/mol. The zero-order valence-corrected chi connectivity index (χ0v) is 16.1. The van der Waals surface area contributed by atoms with Gasteiger partial charge in [-0.25, -0.2) is 4.98 Å². The van der Waals surface area contributed by atoms with Gasteiger partial charge in [0.15, 0.2) is 5.76 Å². The van der Waals surface area contributed by atoms with E-state index in [1.165, 1.54) is 0 Å². The zero-order chi connectivity index (χ0) is 19.7. The lowest BCUT2D eigenvalue weighted by Gasteiger charge is -2.20. The minimum Gasteiger partial charge on any atom is -0.496 e. The molecule has 0 aliphatic carbocycles. The van der Waals surface area contributed by atoms with Gasteiger partial charge in [-0.3, -0.25) is 4.79 Å². The maximum atomic E-state index is 13.0. The van der Waals surface area contributed by atoms with Crippen LogP contribution in [0.3, 0.4) is 0 Å². The van der Waals surface area contributed by atoms with Gasteiger partial charge in [0.2, 0.25) is 0 Å². The first-order valence-corrected chi connectivity index (χ1v) is 9.04. The van der Waals surface area contributed by atoms with Gasteiger partial charge in [0.25, 0.3) is 5.91 Å². The molecule has 0 radical (unpaired) electrons. The summed E-state index contributed by atoms with van der Waals surface area (Å²) in [6.45, 7) is 0. The number of rotatable bonds is 5. The molecule has 1 N–H and O–H groups in total. The normalized spacial score (nSPS) is 12.1. The van der Waals surface area contributed by atoms with E-state index >= 15 is 0 Å². The number of furan rings is 1. The van der Waals surface area contributed by atoms with E-state index in [2.05, 4.69) is 10.3 Å². The molecule has 1 amide bonds. The summed E-state index contributed by atoms with van der Waals surface area (Å²) >= 11 is 6.02. The molecule has 0 aliphatic rings. The monoisotopic (exact) mass is 395 g/mol. The summed E-state index contributed by atoms with van der Waals surface area (Å²) in [7, 11) is 3.47. The molecule has 0 spiro atoms. The predicted molar refractivity (Wildman–Crippen MR) is 107 cm³/mol. The fourth-order valence-electron chi connectivity index (χ4n) is 3.17. The van der Waals surface area contributed by atoms with Crippen LogP contribution >= 0.6 is 11.6 Å². The van der Waals surface area contributed by atoms with Crippen LogP contribution in [0.1, 0.15) is 28.0 Å². The number of methoxy groups -OCH3 is 1. The Hall–Kier alpha value is -3.25.